The number of carbonyl (C=O) groups excluding carboxylic acids is 1. The van der Waals surface area contributed by atoms with E-state index in [4.69, 9.17) is 0 Å². The molecule has 0 aromatic heterocycles. The van der Waals surface area contributed by atoms with Crippen LogP contribution in [0, 0.1) is 5.41 Å². The van der Waals surface area contributed by atoms with Crippen LogP contribution < -0.4 is 0 Å². The Kier molecular flexibility index (Phi) is 1.91. The number of nitrogens with zero attached hydrogens (tertiary/aromatic N) is 1. The average molecular weight is 215 g/mol. The van der Waals surface area contributed by atoms with Crippen LogP contribution in [-0.2, 0) is 11.2 Å². The molecule has 1 aliphatic heterocycles. The molecule has 1 aromatic rings. The highest BCUT2D eigenvalue weighted by Crippen LogP contribution is 2.53. The van der Waals surface area contributed by atoms with E-state index in [0.29, 0.717) is 18.4 Å². The first-order valence-electron chi connectivity index (χ1n) is 5.95. The molecule has 16 heavy (non-hydrogen) atoms. The maximum absolute atomic E-state index is 11.8. The fraction of sp³-hybridized carbons (Fsp3) is 0.500. The third-order valence-electron chi connectivity index (χ3n) is 4.29. The fourth-order valence-corrected chi connectivity index (χ4v) is 3.48. The first-order chi connectivity index (χ1) is 7.62. The quantitative estimate of drug-likeness (QED) is 0.651. The molecule has 84 valence electrons. The highest BCUT2D eigenvalue weighted by atomic mass is 16.2. The third kappa shape index (κ3) is 1.16. The molecule has 1 saturated heterocycles. The number of carbonyl (C=O) groups is 1. The predicted octanol–water partition coefficient (Wildman–Crippen LogP) is 2.54. The Labute approximate surface area is 96.3 Å². The Balaban J connectivity index is 2.12. The second kappa shape index (κ2) is 3.09. The number of fused-ring (bicyclic) bond motifs is 3. The smallest absolute Gasteiger partial charge is 0.222 e. The first-order valence-corrected chi connectivity index (χ1v) is 5.95. The summed E-state index contributed by atoms with van der Waals surface area (Å²) in [7, 11) is 1.95. The summed E-state index contributed by atoms with van der Waals surface area (Å²) in [6.45, 7) is 2.32. The van der Waals surface area contributed by atoms with Crippen molar-refractivity contribution in [2.45, 2.75) is 32.2 Å². The molecule has 1 aliphatic carbocycles. The molecule has 0 spiro atoms. The van der Waals surface area contributed by atoms with E-state index in [1.54, 1.807) is 0 Å². The van der Waals surface area contributed by atoms with Gasteiger partial charge in [0.1, 0.15) is 0 Å². The molecule has 2 heteroatoms. The maximum atomic E-state index is 11.8. The summed E-state index contributed by atoms with van der Waals surface area (Å²) in [6, 6.07) is 8.86. The van der Waals surface area contributed by atoms with Crippen molar-refractivity contribution in [3.05, 3.63) is 35.4 Å². The van der Waals surface area contributed by atoms with Crippen LogP contribution in [0.4, 0.5) is 0 Å². The van der Waals surface area contributed by atoms with E-state index in [0.717, 1.165) is 12.8 Å². The highest BCUT2D eigenvalue weighted by molar-refractivity contribution is 5.78. The lowest BCUT2D eigenvalue weighted by atomic mass is 9.75. The van der Waals surface area contributed by atoms with Gasteiger partial charge in [-0.2, -0.15) is 0 Å². The molecule has 0 radical (unpaired) electrons. The molecule has 0 bridgehead atoms. The van der Waals surface area contributed by atoms with E-state index in [2.05, 4.69) is 31.2 Å². The highest BCUT2D eigenvalue weighted by Gasteiger charge is 2.48. The Hall–Kier alpha value is -1.31. The van der Waals surface area contributed by atoms with Gasteiger partial charge >= 0.3 is 0 Å². The molecule has 3 rings (SSSR count). The van der Waals surface area contributed by atoms with Gasteiger partial charge in [0.05, 0.1) is 6.04 Å². The van der Waals surface area contributed by atoms with Crippen LogP contribution in [0.2, 0.25) is 0 Å². The molecule has 0 unspecified atom stereocenters. The third-order valence-corrected chi connectivity index (χ3v) is 4.29. The lowest BCUT2D eigenvalue weighted by molar-refractivity contribution is -0.140. The topological polar surface area (TPSA) is 20.3 Å². The summed E-state index contributed by atoms with van der Waals surface area (Å²) in [5, 5.41) is 0. The summed E-state index contributed by atoms with van der Waals surface area (Å²) in [5.74, 6) is 0.291. The molecule has 1 heterocycles. The van der Waals surface area contributed by atoms with Gasteiger partial charge in [-0.25, -0.2) is 0 Å². The monoisotopic (exact) mass is 215 g/mol. The van der Waals surface area contributed by atoms with Crippen LogP contribution in [0.5, 0.6) is 0 Å². The molecule has 2 aliphatic rings. The van der Waals surface area contributed by atoms with Gasteiger partial charge in [0.2, 0.25) is 5.91 Å². The number of hydrogen-bond donors (Lipinski definition) is 0. The summed E-state index contributed by atoms with van der Waals surface area (Å²) < 4.78 is 0. The normalized spacial score (nSPS) is 32.5. The van der Waals surface area contributed by atoms with Gasteiger partial charge in [0, 0.05) is 13.5 Å². The zero-order chi connectivity index (χ0) is 11.3. The number of likely N-dealkylation sites (tertiary alicyclic amines) is 1. The van der Waals surface area contributed by atoms with Crippen LogP contribution in [0.15, 0.2) is 24.3 Å². The van der Waals surface area contributed by atoms with Gasteiger partial charge < -0.3 is 4.90 Å². The van der Waals surface area contributed by atoms with Gasteiger partial charge in [-0.05, 0) is 29.4 Å². The van der Waals surface area contributed by atoms with E-state index in [9.17, 15) is 4.79 Å². The number of rotatable bonds is 0. The molecular weight excluding hydrogens is 198 g/mol. The van der Waals surface area contributed by atoms with E-state index in [1.807, 2.05) is 11.9 Å². The van der Waals surface area contributed by atoms with Crippen LogP contribution in [0.1, 0.15) is 36.9 Å². The van der Waals surface area contributed by atoms with E-state index < -0.39 is 0 Å². The maximum Gasteiger partial charge on any atom is 0.222 e. The van der Waals surface area contributed by atoms with Crippen molar-refractivity contribution in [1.82, 2.24) is 4.90 Å². The molecule has 2 nitrogen and oxygen atoms in total. The lowest BCUT2D eigenvalue weighted by Crippen LogP contribution is -2.43. The minimum Gasteiger partial charge on any atom is -0.338 e. The Morgan fingerprint density at radius 3 is 2.94 bits per heavy atom. The van der Waals surface area contributed by atoms with Crippen LogP contribution >= 0.6 is 0 Å². The second-order valence-corrected chi connectivity index (χ2v) is 5.44. The molecule has 1 fully saturated rings. The zero-order valence-electron chi connectivity index (χ0n) is 9.86. The summed E-state index contributed by atoms with van der Waals surface area (Å²) in [6.07, 6.45) is 2.85. The number of piperidine rings is 1. The summed E-state index contributed by atoms with van der Waals surface area (Å²) >= 11 is 0. The van der Waals surface area contributed by atoms with Gasteiger partial charge in [-0.1, -0.05) is 31.2 Å². The fourth-order valence-electron chi connectivity index (χ4n) is 3.48. The van der Waals surface area contributed by atoms with Crippen molar-refractivity contribution < 1.29 is 4.79 Å². The van der Waals surface area contributed by atoms with E-state index >= 15 is 0 Å². The van der Waals surface area contributed by atoms with Crippen LogP contribution in [0.25, 0.3) is 0 Å². The van der Waals surface area contributed by atoms with Crippen molar-refractivity contribution in [3.63, 3.8) is 0 Å². The van der Waals surface area contributed by atoms with Crippen LogP contribution in [0.3, 0.4) is 0 Å². The van der Waals surface area contributed by atoms with Crippen molar-refractivity contribution >= 4 is 5.91 Å². The van der Waals surface area contributed by atoms with Crippen molar-refractivity contribution in [2.24, 2.45) is 5.41 Å². The Morgan fingerprint density at radius 1 is 1.38 bits per heavy atom. The number of hydrogen-bond acceptors (Lipinski definition) is 1. The zero-order valence-corrected chi connectivity index (χ0v) is 9.86. The number of benzene rings is 1. The van der Waals surface area contributed by atoms with Gasteiger partial charge in [0.25, 0.3) is 0 Å². The van der Waals surface area contributed by atoms with Gasteiger partial charge in [-0.15, -0.1) is 0 Å². The molecule has 0 saturated carbocycles. The molecular formula is C14H17NO. The first kappa shape index (κ1) is 9.88. The van der Waals surface area contributed by atoms with Crippen molar-refractivity contribution in [2.75, 3.05) is 7.05 Å². The molecule has 1 aromatic carbocycles. The van der Waals surface area contributed by atoms with Crippen LogP contribution in [-0.4, -0.2) is 17.9 Å². The van der Waals surface area contributed by atoms with Gasteiger partial charge in [0.15, 0.2) is 0 Å². The lowest BCUT2D eigenvalue weighted by Gasteiger charge is -2.42. The Bertz CT molecular complexity index is 454. The average Bonchev–Trinajstić information content (AvgIpc) is 2.57. The van der Waals surface area contributed by atoms with E-state index in [1.165, 1.54) is 11.1 Å². The van der Waals surface area contributed by atoms with Crippen molar-refractivity contribution in [3.8, 4) is 0 Å². The van der Waals surface area contributed by atoms with E-state index in [-0.39, 0.29) is 5.41 Å². The largest absolute Gasteiger partial charge is 0.338 e. The second-order valence-electron chi connectivity index (χ2n) is 5.44. The standard InChI is InChI=1S/C14H17NO/c1-14-8-7-12(16)15(2)13(14)11-6-4-3-5-10(11)9-14/h3-6,13H,7-9H2,1-2H3/t13-,14+/m0/s1. The minimum atomic E-state index is 0.256. The number of amides is 1. The van der Waals surface area contributed by atoms with Crippen molar-refractivity contribution in [1.29, 1.82) is 0 Å². The predicted molar refractivity (Wildman–Crippen MR) is 63.0 cm³/mol. The summed E-state index contributed by atoms with van der Waals surface area (Å²) in [4.78, 5) is 13.8. The Morgan fingerprint density at radius 2 is 2.12 bits per heavy atom. The summed E-state index contributed by atoms with van der Waals surface area (Å²) in [5.41, 5.74) is 3.05. The van der Waals surface area contributed by atoms with Gasteiger partial charge in [-0.3, -0.25) is 4.79 Å². The molecule has 0 N–H and O–H groups in total. The minimum absolute atomic E-state index is 0.256. The SMILES string of the molecule is CN1C(=O)CC[C@]2(C)Cc3ccccc3[C@H]12. The molecule has 2 atom stereocenters. The molecule has 1 amide bonds.